The molecule has 1 spiro atoms. The van der Waals surface area contributed by atoms with Gasteiger partial charge in [0.15, 0.2) is 11.5 Å². The lowest BCUT2D eigenvalue weighted by molar-refractivity contribution is -0.179. The van der Waals surface area contributed by atoms with Gasteiger partial charge in [-0.15, -0.1) is 0 Å². The summed E-state index contributed by atoms with van der Waals surface area (Å²) in [6.07, 6.45) is -0.832. The number of para-hydroxylation sites is 1. The molecule has 3 fully saturated rings. The summed E-state index contributed by atoms with van der Waals surface area (Å²) in [6.45, 7) is 2.36. The van der Waals surface area contributed by atoms with E-state index in [1.165, 1.54) is 0 Å². The lowest BCUT2D eigenvalue weighted by atomic mass is 9.64. The van der Waals surface area contributed by atoms with Gasteiger partial charge in [-0.1, -0.05) is 96.8 Å². The average Bonchev–Trinajstić information content (AvgIpc) is 4.08. The monoisotopic (exact) mass is 922 g/mol. The van der Waals surface area contributed by atoms with Crippen molar-refractivity contribution >= 4 is 23.5 Å². The largest absolute Gasteiger partial charge is 0.497 e. The summed E-state index contributed by atoms with van der Waals surface area (Å²) >= 11 is 0. The number of nitrogens with zero attached hydrogens (tertiary/aromatic N) is 3. The van der Waals surface area contributed by atoms with Crippen LogP contribution in [0.3, 0.4) is 0 Å². The van der Waals surface area contributed by atoms with Crippen LogP contribution >= 0.6 is 0 Å². The standard InChI is InChI=1S/C56H50N4O9/c1-65-41-22-18-36(19-23-41)16-17-37-20-24-44-43(32-37)56(55(64)57-44)48(53(62)59-28-26-58(27-29-59)34-38-21-25-46-47(33-38)68-35-67-46)50-54(63)69-51(40-12-6-3-7-13-40)49(39-10-4-2-5-11-39)60(50)52(56)42-14-8-9-15-45(42)66-31-30-61/h2-15,18-25,32-33,48-52,61H,26-31,34-35H2,1H3,(H,57,64)/t48-,49-,50-,51+,52+,56-/m1/s1. The minimum atomic E-state index is -1.74. The second-order valence-electron chi connectivity index (χ2n) is 17.9. The molecule has 6 atom stereocenters. The number of carbonyl (C=O) groups is 3. The van der Waals surface area contributed by atoms with Gasteiger partial charge in [0.25, 0.3) is 0 Å². The zero-order valence-corrected chi connectivity index (χ0v) is 38.0. The number of aliphatic hydroxyl groups is 1. The highest BCUT2D eigenvalue weighted by atomic mass is 16.7. The number of rotatable bonds is 10. The maximum Gasteiger partial charge on any atom is 0.324 e. The van der Waals surface area contributed by atoms with Crippen LogP contribution in [0, 0.1) is 17.8 Å². The van der Waals surface area contributed by atoms with Gasteiger partial charge in [-0.25, -0.2) is 0 Å². The Morgan fingerprint density at radius 1 is 0.768 bits per heavy atom. The van der Waals surface area contributed by atoms with E-state index in [2.05, 4.69) is 27.0 Å². The number of fused-ring (bicyclic) bond motifs is 4. The zero-order valence-electron chi connectivity index (χ0n) is 38.0. The first kappa shape index (κ1) is 43.9. The third-order valence-corrected chi connectivity index (χ3v) is 14.1. The topological polar surface area (TPSA) is 139 Å². The molecule has 6 aromatic rings. The van der Waals surface area contributed by atoms with E-state index in [1.54, 1.807) is 13.2 Å². The third kappa shape index (κ3) is 7.80. The summed E-state index contributed by atoms with van der Waals surface area (Å²) in [7, 11) is 1.61. The minimum absolute atomic E-state index is 0.0241. The Balaban J connectivity index is 1.09. The molecular formula is C56H50N4O9. The van der Waals surface area contributed by atoms with Gasteiger partial charge in [-0.3, -0.25) is 24.2 Å². The van der Waals surface area contributed by atoms with Gasteiger partial charge in [-0.2, -0.15) is 0 Å². The van der Waals surface area contributed by atoms with Crippen molar-refractivity contribution in [3.8, 4) is 34.8 Å². The number of hydrogen-bond donors (Lipinski definition) is 2. The number of esters is 1. The summed E-state index contributed by atoms with van der Waals surface area (Å²) in [5.41, 5.74) is 3.93. The van der Waals surface area contributed by atoms with Crippen LogP contribution in [0.5, 0.6) is 23.0 Å². The second-order valence-corrected chi connectivity index (χ2v) is 17.9. The molecule has 2 N–H and O–H groups in total. The molecule has 5 heterocycles. The summed E-state index contributed by atoms with van der Waals surface area (Å²) in [5, 5.41) is 13.3. The van der Waals surface area contributed by atoms with Gasteiger partial charge in [-0.05, 0) is 82.9 Å². The molecule has 348 valence electrons. The van der Waals surface area contributed by atoms with Crippen LogP contribution in [0.25, 0.3) is 0 Å². The lowest BCUT2D eigenvalue weighted by Gasteiger charge is -2.46. The molecule has 0 unspecified atom stereocenters. The van der Waals surface area contributed by atoms with E-state index in [-0.39, 0.29) is 25.9 Å². The molecule has 0 aliphatic carbocycles. The first-order valence-corrected chi connectivity index (χ1v) is 23.3. The van der Waals surface area contributed by atoms with Crippen molar-refractivity contribution in [2.45, 2.75) is 36.2 Å². The molecule has 69 heavy (non-hydrogen) atoms. The van der Waals surface area contributed by atoms with Gasteiger partial charge in [0.1, 0.15) is 35.7 Å². The molecule has 0 aromatic heterocycles. The Bertz CT molecular complexity index is 2970. The van der Waals surface area contributed by atoms with Crippen LogP contribution in [-0.2, 0) is 31.1 Å². The van der Waals surface area contributed by atoms with Crippen molar-refractivity contribution in [1.29, 1.82) is 0 Å². The predicted molar refractivity (Wildman–Crippen MR) is 255 cm³/mol. The van der Waals surface area contributed by atoms with E-state index >= 15 is 14.4 Å². The molecule has 0 saturated carbocycles. The van der Waals surface area contributed by atoms with E-state index in [1.807, 2.05) is 144 Å². The van der Waals surface area contributed by atoms with Crippen LogP contribution in [0.1, 0.15) is 57.1 Å². The average molecular weight is 923 g/mol. The van der Waals surface area contributed by atoms with Gasteiger partial charge >= 0.3 is 5.97 Å². The molecule has 0 radical (unpaired) electrons. The Morgan fingerprint density at radius 2 is 1.46 bits per heavy atom. The van der Waals surface area contributed by atoms with Crippen molar-refractivity contribution in [3.05, 3.63) is 185 Å². The lowest BCUT2D eigenvalue weighted by Crippen LogP contribution is -2.58. The highest BCUT2D eigenvalue weighted by Crippen LogP contribution is 2.66. The minimum Gasteiger partial charge on any atom is -0.497 e. The SMILES string of the molecule is COc1ccc(C#Cc2ccc3c(c2)[C@]2(C(=O)N3)[C@H](c3ccccc3OCCO)N3[C@H](c4ccccc4)[C@H](c4ccccc4)OC(=O)[C@H]3[C@@H]2C(=O)N2CCN(Cc3ccc4c(c3)OCO4)CC2)cc1. The van der Waals surface area contributed by atoms with Crippen LogP contribution in [0.15, 0.2) is 146 Å². The van der Waals surface area contributed by atoms with Crippen LogP contribution < -0.4 is 24.3 Å². The van der Waals surface area contributed by atoms with E-state index in [0.717, 1.165) is 22.3 Å². The highest BCUT2D eigenvalue weighted by molar-refractivity contribution is 6.12. The second kappa shape index (κ2) is 18.5. The maximum absolute atomic E-state index is 16.1. The van der Waals surface area contributed by atoms with E-state index < -0.39 is 47.4 Å². The van der Waals surface area contributed by atoms with Crippen LogP contribution in [-0.4, -0.2) is 96.9 Å². The number of cyclic esters (lactones) is 1. The van der Waals surface area contributed by atoms with Gasteiger partial charge in [0.05, 0.1) is 31.7 Å². The summed E-state index contributed by atoms with van der Waals surface area (Å²) in [6, 6.07) is 42.9. The Labute approximate surface area is 400 Å². The fraction of sp³-hybridized carbons (Fsp3) is 0.268. The normalized spacial score (nSPS) is 23.6. The van der Waals surface area contributed by atoms with Gasteiger partial charge < -0.3 is 39.0 Å². The maximum atomic E-state index is 16.1. The number of anilines is 1. The molecule has 6 aromatic carbocycles. The third-order valence-electron chi connectivity index (χ3n) is 14.1. The molecule has 5 aliphatic rings. The highest BCUT2D eigenvalue weighted by Gasteiger charge is 2.74. The van der Waals surface area contributed by atoms with Crippen LogP contribution in [0.4, 0.5) is 5.69 Å². The van der Waals surface area contributed by atoms with Gasteiger partial charge in [0.2, 0.25) is 18.6 Å². The fourth-order valence-corrected chi connectivity index (χ4v) is 11.1. The van der Waals surface area contributed by atoms with Crippen molar-refractivity contribution in [2.75, 3.05) is 58.6 Å². The number of morpholine rings is 1. The van der Waals surface area contributed by atoms with E-state index in [9.17, 15) is 5.11 Å². The van der Waals surface area contributed by atoms with Crippen molar-refractivity contribution in [1.82, 2.24) is 14.7 Å². The summed E-state index contributed by atoms with van der Waals surface area (Å²) < 4.78 is 29.6. The molecule has 5 aliphatic heterocycles. The van der Waals surface area contributed by atoms with Crippen LogP contribution in [0.2, 0.25) is 0 Å². The van der Waals surface area contributed by atoms with Crippen molar-refractivity contribution < 1.29 is 43.2 Å². The van der Waals surface area contributed by atoms with E-state index in [0.29, 0.717) is 78.1 Å². The van der Waals surface area contributed by atoms with Crippen molar-refractivity contribution in [3.63, 3.8) is 0 Å². The number of methoxy groups -OCH3 is 1. The molecule has 13 nitrogen and oxygen atoms in total. The molecule has 3 saturated heterocycles. The Morgan fingerprint density at radius 3 is 2.22 bits per heavy atom. The van der Waals surface area contributed by atoms with E-state index in [4.69, 9.17) is 23.7 Å². The Kier molecular flexibility index (Phi) is 11.7. The summed E-state index contributed by atoms with van der Waals surface area (Å²) in [5.74, 6) is 6.49. The van der Waals surface area contributed by atoms with Crippen molar-refractivity contribution in [2.24, 2.45) is 5.92 Å². The molecule has 2 amide bonds. The molecule has 0 bridgehead atoms. The fourth-order valence-electron chi connectivity index (χ4n) is 11.1. The number of amides is 2. The first-order chi connectivity index (χ1) is 33.8. The predicted octanol–water partition coefficient (Wildman–Crippen LogP) is 6.81. The number of benzene rings is 6. The quantitative estimate of drug-likeness (QED) is 0.111. The smallest absolute Gasteiger partial charge is 0.324 e. The number of nitrogens with one attached hydrogen (secondary N) is 1. The number of ether oxygens (including phenoxy) is 5. The molecule has 11 rings (SSSR count). The first-order valence-electron chi connectivity index (χ1n) is 23.3. The molecule has 13 heteroatoms. The summed E-state index contributed by atoms with van der Waals surface area (Å²) in [4.78, 5) is 53.6. The molecular weight excluding hydrogens is 873 g/mol. The number of hydrogen-bond acceptors (Lipinski definition) is 11. The number of piperazine rings is 1. The van der Waals surface area contributed by atoms with Gasteiger partial charge in [0, 0.05) is 55.1 Å². The number of aliphatic hydroxyl groups excluding tert-OH is 1. The Hall–Kier alpha value is -7.63. The number of carbonyl (C=O) groups excluding carboxylic acids is 3. The zero-order chi connectivity index (χ0) is 47.1.